The van der Waals surface area contributed by atoms with Crippen LogP contribution in [0.5, 0.6) is 0 Å². The van der Waals surface area contributed by atoms with Crippen molar-refractivity contribution in [1.29, 1.82) is 0 Å². The van der Waals surface area contributed by atoms with Crippen LogP contribution in [0.2, 0.25) is 0 Å². The highest BCUT2D eigenvalue weighted by Gasteiger charge is 2.16. The molecule has 0 aromatic carbocycles. The molecule has 1 saturated heterocycles. The van der Waals surface area contributed by atoms with Gasteiger partial charge < -0.3 is 11.1 Å². The minimum Gasteiger partial charge on any atom is -0.355 e. The number of amides is 1. The van der Waals surface area contributed by atoms with Crippen molar-refractivity contribution in [2.75, 3.05) is 23.8 Å². The van der Waals surface area contributed by atoms with Gasteiger partial charge in [0.1, 0.15) is 0 Å². The van der Waals surface area contributed by atoms with Gasteiger partial charge in [0.05, 0.1) is 0 Å². The smallest absolute Gasteiger partial charge is 0.220 e. The molecule has 1 unspecified atom stereocenters. The van der Waals surface area contributed by atoms with E-state index in [4.69, 9.17) is 5.73 Å². The maximum absolute atomic E-state index is 11.5. The van der Waals surface area contributed by atoms with E-state index in [1.165, 1.54) is 11.5 Å². The summed E-state index contributed by atoms with van der Waals surface area (Å²) < 4.78 is 0. The first kappa shape index (κ1) is 14.2. The van der Waals surface area contributed by atoms with E-state index in [0.29, 0.717) is 11.7 Å². The number of nitrogens with one attached hydrogen (secondary N) is 1. The van der Waals surface area contributed by atoms with Gasteiger partial charge in [-0.25, -0.2) is 0 Å². The van der Waals surface area contributed by atoms with Crippen LogP contribution < -0.4 is 11.1 Å². The lowest BCUT2D eigenvalue weighted by atomic mass is 10.00. The molecule has 0 saturated carbocycles. The van der Waals surface area contributed by atoms with Crippen LogP contribution >= 0.6 is 23.5 Å². The van der Waals surface area contributed by atoms with E-state index in [0.717, 1.165) is 18.7 Å². The molecular formula is C11H22N2OS2. The highest BCUT2D eigenvalue weighted by Crippen LogP contribution is 2.23. The fourth-order valence-electron chi connectivity index (χ4n) is 1.41. The number of carbonyl (C=O) groups excluding carboxylic acids is 1. The molecule has 0 spiro atoms. The molecule has 3 nitrogen and oxygen atoms in total. The second kappa shape index (κ2) is 6.77. The van der Waals surface area contributed by atoms with Crippen LogP contribution in [-0.2, 0) is 4.79 Å². The molecule has 1 aliphatic rings. The van der Waals surface area contributed by atoms with E-state index in [9.17, 15) is 4.79 Å². The highest BCUT2D eigenvalue weighted by atomic mass is 32.2. The molecule has 16 heavy (non-hydrogen) atoms. The molecule has 1 fully saturated rings. The van der Waals surface area contributed by atoms with Crippen molar-refractivity contribution in [3.05, 3.63) is 0 Å². The Labute approximate surface area is 107 Å². The van der Waals surface area contributed by atoms with Crippen LogP contribution in [0.3, 0.4) is 0 Å². The predicted molar refractivity (Wildman–Crippen MR) is 74.1 cm³/mol. The molecule has 0 aromatic rings. The van der Waals surface area contributed by atoms with Crippen molar-refractivity contribution in [3.63, 3.8) is 0 Å². The number of carbonyl (C=O) groups is 1. The lowest BCUT2D eigenvalue weighted by molar-refractivity contribution is -0.121. The normalized spacial score (nSPS) is 21.8. The Kier molecular flexibility index (Phi) is 6.00. The second-order valence-corrected chi connectivity index (χ2v) is 7.42. The van der Waals surface area contributed by atoms with E-state index < -0.39 is 0 Å². The van der Waals surface area contributed by atoms with Gasteiger partial charge in [0.2, 0.25) is 5.91 Å². The first-order chi connectivity index (χ1) is 7.47. The lowest BCUT2D eigenvalue weighted by Crippen LogP contribution is -2.37. The molecule has 0 bridgehead atoms. The summed E-state index contributed by atoms with van der Waals surface area (Å²) in [5, 5.41) is 3.59. The fraction of sp³-hybridized carbons (Fsp3) is 0.909. The topological polar surface area (TPSA) is 55.1 Å². The van der Waals surface area contributed by atoms with E-state index in [1.807, 2.05) is 37.4 Å². The molecule has 94 valence electrons. The zero-order chi connectivity index (χ0) is 12.0. The summed E-state index contributed by atoms with van der Waals surface area (Å²) in [6, 6.07) is 0. The van der Waals surface area contributed by atoms with Crippen LogP contribution in [0, 0.1) is 0 Å². The third-order valence-corrected chi connectivity index (χ3v) is 5.25. The monoisotopic (exact) mass is 262 g/mol. The summed E-state index contributed by atoms with van der Waals surface area (Å²) in [6.45, 7) is 4.71. The molecule has 1 atom stereocenters. The molecule has 0 aromatic heterocycles. The van der Waals surface area contributed by atoms with Crippen molar-refractivity contribution < 1.29 is 4.79 Å². The lowest BCUT2D eigenvalue weighted by Gasteiger charge is -2.22. The Morgan fingerprint density at radius 2 is 2.25 bits per heavy atom. The van der Waals surface area contributed by atoms with E-state index in [2.05, 4.69) is 5.32 Å². The number of hydrogen-bond acceptors (Lipinski definition) is 4. The highest BCUT2D eigenvalue weighted by molar-refractivity contribution is 8.06. The summed E-state index contributed by atoms with van der Waals surface area (Å²) >= 11 is 3.95. The Balaban J connectivity index is 2.09. The van der Waals surface area contributed by atoms with Crippen LogP contribution in [-0.4, -0.2) is 40.5 Å². The third kappa shape index (κ3) is 6.66. The molecular weight excluding hydrogens is 240 g/mol. The van der Waals surface area contributed by atoms with Gasteiger partial charge in [-0.15, -0.1) is 0 Å². The van der Waals surface area contributed by atoms with Gasteiger partial charge in [-0.3, -0.25) is 4.79 Å². The van der Waals surface area contributed by atoms with Crippen molar-refractivity contribution in [1.82, 2.24) is 5.32 Å². The standard InChI is InChI=1S/C11H22N2OS2/c1-11(2,12)4-3-10(14)13-7-9-8-15-5-6-16-9/h9H,3-8,12H2,1-2H3,(H,13,14). The molecule has 1 rings (SSSR count). The zero-order valence-corrected chi connectivity index (χ0v) is 11.8. The average Bonchev–Trinajstić information content (AvgIpc) is 2.24. The molecule has 1 amide bonds. The molecule has 3 N–H and O–H groups in total. The van der Waals surface area contributed by atoms with Crippen molar-refractivity contribution in [3.8, 4) is 0 Å². The van der Waals surface area contributed by atoms with Gasteiger partial charge in [-0.1, -0.05) is 0 Å². The Morgan fingerprint density at radius 1 is 1.50 bits per heavy atom. The van der Waals surface area contributed by atoms with Crippen LogP contribution in [0.4, 0.5) is 0 Å². The van der Waals surface area contributed by atoms with E-state index in [1.54, 1.807) is 0 Å². The number of rotatable bonds is 5. The predicted octanol–water partition coefficient (Wildman–Crippen LogP) is 1.47. The summed E-state index contributed by atoms with van der Waals surface area (Å²) in [5.74, 6) is 3.75. The van der Waals surface area contributed by atoms with Gasteiger partial charge in [0.15, 0.2) is 0 Å². The molecule has 0 aliphatic carbocycles. The van der Waals surface area contributed by atoms with Crippen molar-refractivity contribution in [2.24, 2.45) is 5.73 Å². The summed E-state index contributed by atoms with van der Waals surface area (Å²) in [6.07, 6.45) is 1.28. The van der Waals surface area contributed by atoms with Crippen LogP contribution in [0.1, 0.15) is 26.7 Å². The first-order valence-corrected chi connectivity index (χ1v) is 7.93. The zero-order valence-electron chi connectivity index (χ0n) is 10.1. The minimum absolute atomic E-state index is 0.134. The van der Waals surface area contributed by atoms with Gasteiger partial charge in [0.25, 0.3) is 0 Å². The quantitative estimate of drug-likeness (QED) is 0.788. The molecule has 1 heterocycles. The van der Waals surface area contributed by atoms with Gasteiger partial charge in [-0.05, 0) is 20.3 Å². The van der Waals surface area contributed by atoms with E-state index in [-0.39, 0.29) is 11.4 Å². The average molecular weight is 262 g/mol. The number of nitrogens with two attached hydrogens (primary N) is 1. The Hall–Kier alpha value is 0.130. The van der Waals surface area contributed by atoms with Crippen LogP contribution in [0.25, 0.3) is 0 Å². The summed E-state index contributed by atoms with van der Waals surface area (Å²) in [7, 11) is 0. The third-order valence-electron chi connectivity index (χ3n) is 2.41. The van der Waals surface area contributed by atoms with Gasteiger partial charge in [-0.2, -0.15) is 23.5 Å². The SMILES string of the molecule is CC(C)(N)CCC(=O)NCC1CSCCS1. The maximum atomic E-state index is 11.5. The summed E-state index contributed by atoms with van der Waals surface area (Å²) in [5.41, 5.74) is 5.59. The fourth-order valence-corrected chi connectivity index (χ4v) is 4.02. The van der Waals surface area contributed by atoms with Crippen molar-refractivity contribution >= 4 is 29.4 Å². The van der Waals surface area contributed by atoms with Gasteiger partial charge >= 0.3 is 0 Å². The Bertz CT molecular complexity index is 223. The van der Waals surface area contributed by atoms with Crippen molar-refractivity contribution in [2.45, 2.75) is 37.5 Å². The molecule has 5 heteroatoms. The van der Waals surface area contributed by atoms with E-state index >= 15 is 0 Å². The van der Waals surface area contributed by atoms with Crippen LogP contribution in [0.15, 0.2) is 0 Å². The number of hydrogen-bond donors (Lipinski definition) is 2. The largest absolute Gasteiger partial charge is 0.355 e. The Morgan fingerprint density at radius 3 is 2.81 bits per heavy atom. The summed E-state index contributed by atoms with van der Waals surface area (Å²) in [4.78, 5) is 11.5. The molecule has 1 aliphatic heterocycles. The minimum atomic E-state index is -0.243. The molecule has 0 radical (unpaired) electrons. The first-order valence-electron chi connectivity index (χ1n) is 5.72. The maximum Gasteiger partial charge on any atom is 0.220 e. The second-order valence-electron chi connectivity index (χ2n) is 4.86. The number of thioether (sulfide) groups is 2. The van der Waals surface area contributed by atoms with Gasteiger partial charge in [0, 0.05) is 41.0 Å².